The number of benzene rings is 1. The molecule has 0 radical (unpaired) electrons. The molecule has 0 aliphatic rings. The van der Waals surface area contributed by atoms with Crippen LogP contribution in [0.25, 0.3) is 10.9 Å². The van der Waals surface area contributed by atoms with Crippen molar-refractivity contribution in [2.75, 3.05) is 12.0 Å². The predicted octanol–water partition coefficient (Wildman–Crippen LogP) is 2.03. The SMILES string of the molecule is CSCCC(NC(=O)C(Cc1c[nH]c2ccccc12)NC(=O)C(NC(=O)C(N)CC(C)C)C(C)C)C(=O)O. The van der Waals surface area contributed by atoms with E-state index in [1.807, 2.05) is 44.4 Å². The van der Waals surface area contributed by atoms with Crippen LogP contribution >= 0.6 is 11.8 Å². The number of carboxylic acid groups (broad SMARTS) is 1. The molecule has 7 N–H and O–H groups in total. The maximum atomic E-state index is 13.4. The number of thioether (sulfide) groups is 1. The first-order valence-corrected chi connectivity index (χ1v) is 14.3. The third-order valence-electron chi connectivity index (χ3n) is 6.27. The van der Waals surface area contributed by atoms with Gasteiger partial charge >= 0.3 is 5.97 Å². The highest BCUT2D eigenvalue weighted by Crippen LogP contribution is 2.19. The zero-order chi connectivity index (χ0) is 28.4. The fourth-order valence-corrected chi connectivity index (χ4v) is 4.64. The Labute approximate surface area is 228 Å². The molecule has 1 aromatic carbocycles. The van der Waals surface area contributed by atoms with Crippen LogP contribution in [0.15, 0.2) is 30.5 Å². The van der Waals surface area contributed by atoms with E-state index in [4.69, 9.17) is 5.73 Å². The van der Waals surface area contributed by atoms with E-state index in [-0.39, 0.29) is 24.7 Å². The van der Waals surface area contributed by atoms with Gasteiger partial charge in [0.05, 0.1) is 6.04 Å². The summed E-state index contributed by atoms with van der Waals surface area (Å²) in [6, 6.07) is 3.72. The predicted molar refractivity (Wildman–Crippen MR) is 151 cm³/mol. The lowest BCUT2D eigenvalue weighted by atomic mass is 9.99. The molecule has 38 heavy (non-hydrogen) atoms. The number of nitrogens with two attached hydrogens (primary N) is 1. The van der Waals surface area contributed by atoms with E-state index in [0.29, 0.717) is 12.2 Å². The van der Waals surface area contributed by atoms with Crippen molar-refractivity contribution < 1.29 is 24.3 Å². The summed E-state index contributed by atoms with van der Waals surface area (Å²) >= 11 is 1.48. The largest absolute Gasteiger partial charge is 0.480 e. The molecular weight excluding hydrogens is 506 g/mol. The molecule has 210 valence electrons. The molecule has 0 aliphatic carbocycles. The van der Waals surface area contributed by atoms with Gasteiger partial charge in [-0.1, -0.05) is 45.9 Å². The highest BCUT2D eigenvalue weighted by atomic mass is 32.2. The summed E-state index contributed by atoms with van der Waals surface area (Å²) < 4.78 is 0. The van der Waals surface area contributed by atoms with Crippen molar-refractivity contribution in [1.82, 2.24) is 20.9 Å². The van der Waals surface area contributed by atoms with E-state index >= 15 is 0 Å². The normalized spacial score (nSPS) is 14.6. The number of amides is 3. The van der Waals surface area contributed by atoms with Crippen molar-refractivity contribution >= 4 is 46.4 Å². The van der Waals surface area contributed by atoms with Gasteiger partial charge in [-0.15, -0.1) is 0 Å². The van der Waals surface area contributed by atoms with Gasteiger partial charge in [-0.2, -0.15) is 11.8 Å². The van der Waals surface area contributed by atoms with Gasteiger partial charge in [0.15, 0.2) is 0 Å². The number of carboxylic acids is 1. The average Bonchev–Trinajstić information content (AvgIpc) is 3.26. The standard InChI is InChI=1S/C27H41N5O5S/c1-15(2)12-19(28)24(33)32-23(16(3)4)26(35)31-22(25(34)30-21(27(36)37)10-11-38-5)13-17-14-29-20-9-7-6-8-18(17)20/h6-9,14-16,19,21-23,29H,10-13,28H2,1-5H3,(H,30,34)(H,31,35)(H,32,33)(H,36,37). The van der Waals surface area contributed by atoms with Crippen LogP contribution in [0.3, 0.4) is 0 Å². The van der Waals surface area contributed by atoms with Gasteiger partial charge in [0.1, 0.15) is 18.1 Å². The highest BCUT2D eigenvalue weighted by molar-refractivity contribution is 7.98. The summed E-state index contributed by atoms with van der Waals surface area (Å²) in [5.74, 6) is -2.25. The van der Waals surface area contributed by atoms with Gasteiger partial charge < -0.3 is 31.8 Å². The summed E-state index contributed by atoms with van der Waals surface area (Å²) in [6.07, 6.45) is 4.47. The highest BCUT2D eigenvalue weighted by Gasteiger charge is 2.32. The molecule has 0 saturated heterocycles. The summed E-state index contributed by atoms with van der Waals surface area (Å²) in [5.41, 5.74) is 7.68. The van der Waals surface area contributed by atoms with Gasteiger partial charge in [-0.05, 0) is 48.3 Å². The summed E-state index contributed by atoms with van der Waals surface area (Å²) in [6.45, 7) is 7.49. The molecule has 2 rings (SSSR count). The van der Waals surface area contributed by atoms with E-state index in [1.54, 1.807) is 20.0 Å². The lowest BCUT2D eigenvalue weighted by molar-refractivity contribution is -0.142. The fraction of sp³-hybridized carbons (Fsp3) is 0.556. The Hall–Kier alpha value is -3.05. The topological polar surface area (TPSA) is 166 Å². The van der Waals surface area contributed by atoms with Gasteiger partial charge in [0, 0.05) is 23.5 Å². The molecule has 3 amide bonds. The summed E-state index contributed by atoms with van der Waals surface area (Å²) in [4.78, 5) is 54.3. The number of hydrogen-bond donors (Lipinski definition) is 6. The molecular formula is C27H41N5O5S. The molecule has 10 nitrogen and oxygen atoms in total. The third kappa shape index (κ3) is 9.05. The Morgan fingerprint density at radius 1 is 0.974 bits per heavy atom. The van der Waals surface area contributed by atoms with Crippen LogP contribution in [0.5, 0.6) is 0 Å². The van der Waals surface area contributed by atoms with Crippen molar-refractivity contribution in [3.63, 3.8) is 0 Å². The minimum absolute atomic E-state index is 0.127. The number of carbonyl (C=O) groups excluding carboxylic acids is 3. The summed E-state index contributed by atoms with van der Waals surface area (Å²) in [5, 5.41) is 18.6. The van der Waals surface area contributed by atoms with Crippen LogP contribution in [0.2, 0.25) is 0 Å². The quantitative estimate of drug-likeness (QED) is 0.198. The number of aromatic amines is 1. The third-order valence-corrected chi connectivity index (χ3v) is 6.91. The van der Waals surface area contributed by atoms with Crippen molar-refractivity contribution in [2.24, 2.45) is 17.6 Å². The number of para-hydroxylation sites is 1. The first kappa shape index (κ1) is 31.2. The van der Waals surface area contributed by atoms with Crippen molar-refractivity contribution in [3.8, 4) is 0 Å². The molecule has 2 aromatic rings. The Kier molecular flexibility index (Phi) is 12.1. The number of nitrogens with one attached hydrogen (secondary N) is 4. The molecule has 0 saturated carbocycles. The zero-order valence-corrected chi connectivity index (χ0v) is 23.6. The number of aliphatic carboxylic acids is 1. The Morgan fingerprint density at radius 3 is 2.24 bits per heavy atom. The minimum Gasteiger partial charge on any atom is -0.480 e. The van der Waals surface area contributed by atoms with E-state index < -0.39 is 47.9 Å². The molecule has 1 heterocycles. The zero-order valence-electron chi connectivity index (χ0n) is 22.7. The number of H-pyrrole nitrogens is 1. The van der Waals surface area contributed by atoms with E-state index in [2.05, 4.69) is 20.9 Å². The molecule has 0 aliphatic heterocycles. The van der Waals surface area contributed by atoms with Crippen molar-refractivity contribution in [3.05, 3.63) is 36.0 Å². The van der Waals surface area contributed by atoms with Crippen LogP contribution in [0.4, 0.5) is 0 Å². The first-order valence-electron chi connectivity index (χ1n) is 12.9. The second-order valence-electron chi connectivity index (χ2n) is 10.3. The molecule has 0 spiro atoms. The molecule has 11 heteroatoms. The summed E-state index contributed by atoms with van der Waals surface area (Å²) in [7, 11) is 0. The minimum atomic E-state index is -1.14. The van der Waals surface area contributed by atoms with Crippen LogP contribution in [0, 0.1) is 11.8 Å². The van der Waals surface area contributed by atoms with Crippen LogP contribution < -0.4 is 21.7 Å². The lowest BCUT2D eigenvalue weighted by Crippen LogP contribution is -2.59. The molecule has 0 bridgehead atoms. The van der Waals surface area contributed by atoms with Gasteiger partial charge in [0.2, 0.25) is 17.7 Å². The molecule has 4 atom stereocenters. The lowest BCUT2D eigenvalue weighted by Gasteiger charge is -2.27. The Balaban J connectivity index is 2.29. The van der Waals surface area contributed by atoms with Gasteiger partial charge in [-0.3, -0.25) is 14.4 Å². The second kappa shape index (κ2) is 14.8. The van der Waals surface area contributed by atoms with E-state index in [0.717, 1.165) is 16.5 Å². The monoisotopic (exact) mass is 547 g/mol. The van der Waals surface area contributed by atoms with Crippen LogP contribution in [0.1, 0.15) is 46.1 Å². The second-order valence-corrected chi connectivity index (χ2v) is 11.3. The number of hydrogen-bond acceptors (Lipinski definition) is 6. The molecule has 4 unspecified atom stereocenters. The Morgan fingerprint density at radius 2 is 1.63 bits per heavy atom. The number of carbonyl (C=O) groups is 4. The average molecular weight is 548 g/mol. The first-order chi connectivity index (χ1) is 17.9. The number of fused-ring (bicyclic) bond motifs is 1. The van der Waals surface area contributed by atoms with Gasteiger partial charge in [0.25, 0.3) is 0 Å². The van der Waals surface area contributed by atoms with E-state index in [9.17, 15) is 24.3 Å². The van der Waals surface area contributed by atoms with Crippen LogP contribution in [-0.2, 0) is 25.6 Å². The van der Waals surface area contributed by atoms with E-state index in [1.165, 1.54) is 11.8 Å². The van der Waals surface area contributed by atoms with Crippen molar-refractivity contribution in [2.45, 2.75) is 71.1 Å². The smallest absolute Gasteiger partial charge is 0.326 e. The maximum Gasteiger partial charge on any atom is 0.326 e. The molecule has 0 fully saturated rings. The van der Waals surface area contributed by atoms with Crippen molar-refractivity contribution in [1.29, 1.82) is 0 Å². The van der Waals surface area contributed by atoms with Crippen LogP contribution in [-0.4, -0.2) is 70.0 Å². The number of rotatable bonds is 15. The van der Waals surface area contributed by atoms with Gasteiger partial charge in [-0.25, -0.2) is 4.79 Å². The maximum absolute atomic E-state index is 13.4. The molecule has 1 aromatic heterocycles. The Bertz CT molecular complexity index is 1100. The number of aromatic nitrogens is 1. The fourth-order valence-electron chi connectivity index (χ4n) is 4.17.